The number of hydrogen-bond acceptors (Lipinski definition) is 3. The summed E-state index contributed by atoms with van der Waals surface area (Å²) in [5, 5.41) is 0. The first-order valence-electron chi connectivity index (χ1n) is 9.00. The predicted molar refractivity (Wildman–Crippen MR) is 87.4 cm³/mol. The van der Waals surface area contributed by atoms with Gasteiger partial charge in [-0.25, -0.2) is 9.18 Å². The summed E-state index contributed by atoms with van der Waals surface area (Å²) in [6, 6.07) is 0. The first-order valence-corrected chi connectivity index (χ1v) is 9.00. The summed E-state index contributed by atoms with van der Waals surface area (Å²) in [4.78, 5) is 22.9. The van der Waals surface area contributed by atoms with Gasteiger partial charge in [0.15, 0.2) is 6.17 Å². The zero-order valence-electron chi connectivity index (χ0n) is 14.4. The molecule has 0 rings (SSSR count). The van der Waals surface area contributed by atoms with Crippen molar-refractivity contribution in [2.45, 2.75) is 103 Å². The van der Waals surface area contributed by atoms with E-state index >= 15 is 0 Å². The quantitative estimate of drug-likeness (QED) is 0.241. The lowest BCUT2D eigenvalue weighted by molar-refractivity contribution is -0.163. The number of carbonyl (C=O) groups excluding carboxylic acids is 2. The van der Waals surface area contributed by atoms with Gasteiger partial charge in [0, 0.05) is 6.42 Å². The predicted octanol–water partition coefficient (Wildman–Crippen LogP) is 5.51. The molecule has 0 radical (unpaired) electrons. The minimum atomic E-state index is -1.66. The van der Waals surface area contributed by atoms with E-state index in [1.165, 1.54) is 19.3 Å². The fraction of sp³-hybridized carbons (Fsp3) is 0.889. The van der Waals surface area contributed by atoms with Crippen LogP contribution in [0.4, 0.5) is 4.39 Å². The molecule has 22 heavy (non-hydrogen) atoms. The Morgan fingerprint density at radius 1 is 0.818 bits per heavy atom. The maximum atomic E-state index is 13.6. The molecule has 1 atom stereocenters. The maximum Gasteiger partial charge on any atom is 0.348 e. The van der Waals surface area contributed by atoms with E-state index in [-0.39, 0.29) is 12.8 Å². The van der Waals surface area contributed by atoms with Crippen LogP contribution in [0.5, 0.6) is 0 Å². The van der Waals surface area contributed by atoms with Crippen LogP contribution in [0.2, 0.25) is 0 Å². The third kappa shape index (κ3) is 12.8. The van der Waals surface area contributed by atoms with Gasteiger partial charge in [0.05, 0.1) is 0 Å². The first-order chi connectivity index (χ1) is 10.6. The molecular formula is C18H33FO3. The second-order valence-corrected chi connectivity index (χ2v) is 5.98. The van der Waals surface area contributed by atoms with Gasteiger partial charge in [-0.3, -0.25) is 4.79 Å². The van der Waals surface area contributed by atoms with Crippen LogP contribution in [0.3, 0.4) is 0 Å². The zero-order chi connectivity index (χ0) is 16.6. The van der Waals surface area contributed by atoms with Crippen LogP contribution in [0.1, 0.15) is 97.3 Å². The van der Waals surface area contributed by atoms with E-state index in [1.54, 1.807) is 0 Å². The third-order valence-corrected chi connectivity index (χ3v) is 3.77. The number of ether oxygens (including phenoxy) is 1. The average molecular weight is 316 g/mol. The molecule has 0 aromatic heterocycles. The van der Waals surface area contributed by atoms with E-state index in [9.17, 15) is 14.0 Å². The highest BCUT2D eigenvalue weighted by atomic mass is 19.1. The molecule has 0 aromatic carbocycles. The topological polar surface area (TPSA) is 43.4 Å². The van der Waals surface area contributed by atoms with Gasteiger partial charge < -0.3 is 4.74 Å². The molecule has 0 aliphatic rings. The van der Waals surface area contributed by atoms with Crippen molar-refractivity contribution in [3.05, 3.63) is 0 Å². The lowest BCUT2D eigenvalue weighted by atomic mass is 10.1. The van der Waals surface area contributed by atoms with Gasteiger partial charge >= 0.3 is 11.9 Å². The number of alkyl halides is 1. The standard InChI is InChI=1S/C18H33FO3/c1-3-5-7-9-11-13-15-17(20)22-18(21)16(19)14-12-10-8-6-4-2/h16H,3-15H2,1-2H3. The Hall–Kier alpha value is -0.930. The number of hydrogen-bond donors (Lipinski definition) is 0. The molecular weight excluding hydrogens is 283 g/mol. The molecule has 4 heteroatoms. The van der Waals surface area contributed by atoms with Crippen molar-refractivity contribution >= 4 is 11.9 Å². The normalized spacial score (nSPS) is 12.1. The van der Waals surface area contributed by atoms with Crippen LogP contribution < -0.4 is 0 Å². The molecule has 0 spiro atoms. The first kappa shape index (κ1) is 21.1. The fourth-order valence-corrected chi connectivity index (χ4v) is 2.32. The number of carbonyl (C=O) groups is 2. The van der Waals surface area contributed by atoms with Crippen LogP contribution >= 0.6 is 0 Å². The second kappa shape index (κ2) is 15.0. The van der Waals surface area contributed by atoms with E-state index in [0.717, 1.165) is 38.5 Å². The highest BCUT2D eigenvalue weighted by Gasteiger charge is 2.21. The summed E-state index contributed by atoms with van der Waals surface area (Å²) in [5.74, 6) is -1.60. The van der Waals surface area contributed by atoms with Crippen molar-refractivity contribution in [3.8, 4) is 0 Å². The van der Waals surface area contributed by atoms with Crippen molar-refractivity contribution in [2.75, 3.05) is 0 Å². The Morgan fingerprint density at radius 2 is 1.32 bits per heavy atom. The minimum absolute atomic E-state index is 0.160. The van der Waals surface area contributed by atoms with E-state index in [0.29, 0.717) is 12.8 Å². The molecule has 0 aromatic rings. The van der Waals surface area contributed by atoms with Gasteiger partial charge in [-0.05, 0) is 19.3 Å². The highest BCUT2D eigenvalue weighted by Crippen LogP contribution is 2.12. The Kier molecular flexibility index (Phi) is 14.4. The molecule has 0 aliphatic carbocycles. The number of rotatable bonds is 14. The summed E-state index contributed by atoms with van der Waals surface area (Å²) < 4.78 is 18.1. The molecule has 0 N–H and O–H groups in total. The van der Waals surface area contributed by atoms with Crippen molar-refractivity contribution in [1.82, 2.24) is 0 Å². The lowest BCUT2D eigenvalue weighted by Gasteiger charge is -2.07. The van der Waals surface area contributed by atoms with Crippen molar-refractivity contribution < 1.29 is 18.7 Å². The molecule has 0 amide bonds. The molecule has 0 saturated carbocycles. The SMILES string of the molecule is CCCCCCCCC(=O)OC(=O)C(F)CCCCCCC. The van der Waals surface area contributed by atoms with Gasteiger partial charge in [-0.1, -0.05) is 71.6 Å². The largest absolute Gasteiger partial charge is 0.391 e. The molecule has 130 valence electrons. The Morgan fingerprint density at radius 3 is 1.91 bits per heavy atom. The number of unbranched alkanes of at least 4 members (excludes halogenated alkanes) is 9. The molecule has 0 aliphatic heterocycles. The van der Waals surface area contributed by atoms with Crippen LogP contribution in [0, 0.1) is 0 Å². The second-order valence-electron chi connectivity index (χ2n) is 5.98. The fourth-order valence-electron chi connectivity index (χ4n) is 2.32. The van der Waals surface area contributed by atoms with Gasteiger partial charge in [0.2, 0.25) is 0 Å². The van der Waals surface area contributed by atoms with E-state index in [4.69, 9.17) is 0 Å². The maximum absolute atomic E-state index is 13.6. The minimum Gasteiger partial charge on any atom is -0.391 e. The van der Waals surface area contributed by atoms with Crippen molar-refractivity contribution in [2.24, 2.45) is 0 Å². The van der Waals surface area contributed by atoms with Gasteiger partial charge in [0.25, 0.3) is 0 Å². The van der Waals surface area contributed by atoms with Crippen LogP contribution in [-0.4, -0.2) is 18.1 Å². The monoisotopic (exact) mass is 316 g/mol. The Bertz CT molecular complexity index is 292. The van der Waals surface area contributed by atoms with Gasteiger partial charge in [-0.15, -0.1) is 0 Å². The zero-order valence-corrected chi connectivity index (χ0v) is 14.4. The number of halogens is 1. The summed E-state index contributed by atoms with van der Waals surface area (Å²) in [6.45, 7) is 4.27. The molecule has 0 bridgehead atoms. The molecule has 1 unspecified atom stereocenters. The summed E-state index contributed by atoms with van der Waals surface area (Å²) in [6.07, 6.45) is 9.98. The summed E-state index contributed by atoms with van der Waals surface area (Å²) >= 11 is 0. The van der Waals surface area contributed by atoms with Crippen molar-refractivity contribution in [1.29, 1.82) is 0 Å². The van der Waals surface area contributed by atoms with Crippen LogP contribution in [0.15, 0.2) is 0 Å². The molecule has 3 nitrogen and oxygen atoms in total. The number of esters is 2. The van der Waals surface area contributed by atoms with Crippen molar-refractivity contribution in [3.63, 3.8) is 0 Å². The van der Waals surface area contributed by atoms with E-state index < -0.39 is 18.1 Å². The van der Waals surface area contributed by atoms with E-state index in [2.05, 4.69) is 18.6 Å². The Balaban J connectivity index is 3.60. The van der Waals surface area contributed by atoms with Gasteiger partial charge in [0.1, 0.15) is 0 Å². The highest BCUT2D eigenvalue weighted by molar-refractivity contribution is 5.87. The molecule has 0 saturated heterocycles. The van der Waals surface area contributed by atoms with Crippen LogP contribution in [-0.2, 0) is 14.3 Å². The van der Waals surface area contributed by atoms with E-state index in [1.807, 2.05) is 0 Å². The average Bonchev–Trinajstić information content (AvgIpc) is 2.50. The molecule has 0 fully saturated rings. The van der Waals surface area contributed by atoms with Gasteiger partial charge in [-0.2, -0.15) is 0 Å². The third-order valence-electron chi connectivity index (χ3n) is 3.77. The van der Waals surface area contributed by atoms with Crippen LogP contribution in [0.25, 0.3) is 0 Å². The molecule has 0 heterocycles. The lowest BCUT2D eigenvalue weighted by Crippen LogP contribution is -2.22. The Labute approximate surface area is 135 Å². The smallest absolute Gasteiger partial charge is 0.348 e. The summed E-state index contributed by atoms with van der Waals surface area (Å²) in [7, 11) is 0. The summed E-state index contributed by atoms with van der Waals surface area (Å²) in [5.41, 5.74) is 0.